The number of carboxylic acid groups (broad SMARTS) is 1. The first-order valence-electron chi connectivity index (χ1n) is 6.18. The van der Waals surface area contributed by atoms with Crippen molar-refractivity contribution in [2.45, 2.75) is 6.92 Å². The number of pyridine rings is 1. The zero-order chi connectivity index (χ0) is 14.5. The third-order valence-corrected chi connectivity index (χ3v) is 2.78. The lowest BCUT2D eigenvalue weighted by Crippen LogP contribution is -2.22. The van der Waals surface area contributed by atoms with E-state index < -0.39 is 5.97 Å². The first kappa shape index (κ1) is 13.7. The molecule has 102 valence electrons. The van der Waals surface area contributed by atoms with Crippen LogP contribution in [0.3, 0.4) is 0 Å². The summed E-state index contributed by atoms with van der Waals surface area (Å²) >= 11 is 0. The average molecular weight is 270 g/mol. The SMILES string of the molecule is CCNC(=O)c1cccc(-c2cncc(C(=O)O)c2)c1. The molecule has 1 amide bonds. The Morgan fingerprint density at radius 3 is 2.60 bits per heavy atom. The predicted molar refractivity (Wildman–Crippen MR) is 74.6 cm³/mol. The van der Waals surface area contributed by atoms with E-state index in [2.05, 4.69) is 10.3 Å². The summed E-state index contributed by atoms with van der Waals surface area (Å²) < 4.78 is 0. The molecule has 0 aliphatic heterocycles. The molecule has 2 aromatic rings. The molecule has 2 rings (SSSR count). The minimum absolute atomic E-state index is 0.117. The maximum Gasteiger partial charge on any atom is 0.337 e. The van der Waals surface area contributed by atoms with E-state index in [-0.39, 0.29) is 11.5 Å². The highest BCUT2D eigenvalue weighted by molar-refractivity contribution is 5.95. The Morgan fingerprint density at radius 1 is 1.15 bits per heavy atom. The van der Waals surface area contributed by atoms with E-state index in [9.17, 15) is 9.59 Å². The maximum absolute atomic E-state index is 11.8. The molecule has 1 aromatic carbocycles. The van der Waals surface area contributed by atoms with Gasteiger partial charge in [0.15, 0.2) is 0 Å². The van der Waals surface area contributed by atoms with Gasteiger partial charge in [-0.05, 0) is 30.7 Å². The highest BCUT2D eigenvalue weighted by Crippen LogP contribution is 2.20. The second-order valence-corrected chi connectivity index (χ2v) is 4.21. The second-order valence-electron chi connectivity index (χ2n) is 4.21. The Morgan fingerprint density at radius 2 is 1.90 bits per heavy atom. The van der Waals surface area contributed by atoms with Crippen LogP contribution in [0.2, 0.25) is 0 Å². The highest BCUT2D eigenvalue weighted by atomic mass is 16.4. The molecular formula is C15H14N2O3. The molecule has 0 atom stereocenters. The van der Waals surface area contributed by atoms with Gasteiger partial charge in [-0.25, -0.2) is 4.79 Å². The van der Waals surface area contributed by atoms with Crippen LogP contribution in [0.5, 0.6) is 0 Å². The summed E-state index contributed by atoms with van der Waals surface area (Å²) in [4.78, 5) is 26.6. The molecule has 5 heteroatoms. The third-order valence-electron chi connectivity index (χ3n) is 2.78. The van der Waals surface area contributed by atoms with Crippen molar-refractivity contribution < 1.29 is 14.7 Å². The highest BCUT2D eigenvalue weighted by Gasteiger charge is 2.08. The van der Waals surface area contributed by atoms with Crippen LogP contribution in [0.15, 0.2) is 42.7 Å². The van der Waals surface area contributed by atoms with Crippen molar-refractivity contribution >= 4 is 11.9 Å². The first-order valence-corrected chi connectivity index (χ1v) is 6.18. The van der Waals surface area contributed by atoms with Gasteiger partial charge in [0.05, 0.1) is 5.56 Å². The molecule has 0 aliphatic carbocycles. The number of nitrogens with one attached hydrogen (secondary N) is 1. The number of carbonyl (C=O) groups is 2. The summed E-state index contributed by atoms with van der Waals surface area (Å²) in [6, 6.07) is 8.53. The Bertz CT molecular complexity index is 653. The smallest absolute Gasteiger partial charge is 0.337 e. The Kier molecular flexibility index (Phi) is 4.10. The molecule has 1 aromatic heterocycles. The number of nitrogens with zero attached hydrogens (tertiary/aromatic N) is 1. The summed E-state index contributed by atoms with van der Waals surface area (Å²) in [5, 5.41) is 11.7. The molecule has 0 spiro atoms. The lowest BCUT2D eigenvalue weighted by atomic mass is 10.0. The molecule has 0 fully saturated rings. The number of benzene rings is 1. The quantitative estimate of drug-likeness (QED) is 0.892. The van der Waals surface area contributed by atoms with Crippen LogP contribution < -0.4 is 5.32 Å². The van der Waals surface area contributed by atoms with Crippen molar-refractivity contribution in [3.8, 4) is 11.1 Å². The molecule has 1 heterocycles. The van der Waals surface area contributed by atoms with Gasteiger partial charge in [-0.2, -0.15) is 0 Å². The van der Waals surface area contributed by atoms with E-state index in [1.165, 1.54) is 12.3 Å². The number of hydrogen-bond donors (Lipinski definition) is 2. The fraction of sp³-hybridized carbons (Fsp3) is 0.133. The van der Waals surface area contributed by atoms with Crippen LogP contribution >= 0.6 is 0 Å². The molecule has 0 aliphatic rings. The van der Waals surface area contributed by atoms with Gasteiger partial charge in [0.1, 0.15) is 0 Å². The number of aromatic nitrogens is 1. The number of amides is 1. The Balaban J connectivity index is 2.38. The van der Waals surface area contributed by atoms with Crippen LogP contribution in [-0.2, 0) is 0 Å². The van der Waals surface area contributed by atoms with E-state index in [0.717, 1.165) is 5.56 Å². The van der Waals surface area contributed by atoms with Crippen LogP contribution in [-0.4, -0.2) is 28.5 Å². The van der Waals surface area contributed by atoms with Crippen molar-refractivity contribution in [3.63, 3.8) is 0 Å². The van der Waals surface area contributed by atoms with Crippen LogP contribution in [0.1, 0.15) is 27.6 Å². The number of rotatable bonds is 4. The average Bonchev–Trinajstić information content (AvgIpc) is 2.48. The van der Waals surface area contributed by atoms with Crippen LogP contribution in [0.4, 0.5) is 0 Å². The van der Waals surface area contributed by atoms with Crippen molar-refractivity contribution in [2.75, 3.05) is 6.54 Å². The van der Waals surface area contributed by atoms with Crippen LogP contribution in [0.25, 0.3) is 11.1 Å². The van der Waals surface area contributed by atoms with Crippen molar-refractivity contribution in [1.82, 2.24) is 10.3 Å². The zero-order valence-corrected chi connectivity index (χ0v) is 11.0. The molecule has 5 nitrogen and oxygen atoms in total. The number of carboxylic acids is 1. The fourth-order valence-corrected chi connectivity index (χ4v) is 1.82. The van der Waals surface area contributed by atoms with E-state index in [1.807, 2.05) is 13.0 Å². The summed E-state index contributed by atoms with van der Waals surface area (Å²) in [6.45, 7) is 2.40. The van der Waals surface area contributed by atoms with Gasteiger partial charge in [-0.3, -0.25) is 9.78 Å². The molecule has 0 saturated carbocycles. The van der Waals surface area contributed by atoms with Crippen molar-refractivity contribution in [3.05, 3.63) is 53.9 Å². The molecule has 0 saturated heterocycles. The van der Waals surface area contributed by atoms with Gasteiger partial charge in [0, 0.05) is 30.1 Å². The second kappa shape index (κ2) is 5.97. The van der Waals surface area contributed by atoms with Gasteiger partial charge in [0.2, 0.25) is 0 Å². The van der Waals surface area contributed by atoms with E-state index in [0.29, 0.717) is 17.7 Å². The van der Waals surface area contributed by atoms with Gasteiger partial charge in [-0.15, -0.1) is 0 Å². The standard InChI is InChI=1S/C15H14N2O3/c1-2-17-14(18)11-5-3-4-10(6-11)12-7-13(15(19)20)9-16-8-12/h3-9H,2H2,1H3,(H,17,18)(H,19,20). The van der Waals surface area contributed by atoms with Gasteiger partial charge >= 0.3 is 5.97 Å². The minimum Gasteiger partial charge on any atom is -0.478 e. The molecule has 20 heavy (non-hydrogen) atoms. The molecule has 0 bridgehead atoms. The largest absolute Gasteiger partial charge is 0.478 e. The van der Waals surface area contributed by atoms with E-state index >= 15 is 0 Å². The number of carbonyl (C=O) groups excluding carboxylic acids is 1. The normalized spacial score (nSPS) is 10.1. The summed E-state index contributed by atoms with van der Waals surface area (Å²) in [5.41, 5.74) is 2.07. The summed E-state index contributed by atoms with van der Waals surface area (Å²) in [7, 11) is 0. The minimum atomic E-state index is -1.03. The summed E-state index contributed by atoms with van der Waals surface area (Å²) in [5.74, 6) is -1.18. The van der Waals surface area contributed by atoms with Gasteiger partial charge in [0.25, 0.3) is 5.91 Å². The molecule has 2 N–H and O–H groups in total. The van der Waals surface area contributed by atoms with Crippen molar-refractivity contribution in [1.29, 1.82) is 0 Å². The molecule has 0 radical (unpaired) electrons. The fourth-order valence-electron chi connectivity index (χ4n) is 1.82. The number of aromatic carboxylic acids is 1. The lowest BCUT2D eigenvalue weighted by Gasteiger charge is -2.06. The topological polar surface area (TPSA) is 79.3 Å². The van der Waals surface area contributed by atoms with E-state index in [4.69, 9.17) is 5.11 Å². The van der Waals surface area contributed by atoms with Crippen LogP contribution in [0, 0.1) is 0 Å². The maximum atomic E-state index is 11.8. The monoisotopic (exact) mass is 270 g/mol. The Hall–Kier alpha value is -2.69. The zero-order valence-electron chi connectivity index (χ0n) is 11.0. The molecule has 0 unspecified atom stereocenters. The van der Waals surface area contributed by atoms with Crippen molar-refractivity contribution in [2.24, 2.45) is 0 Å². The van der Waals surface area contributed by atoms with Gasteiger partial charge < -0.3 is 10.4 Å². The predicted octanol–water partition coefficient (Wildman–Crippen LogP) is 2.20. The first-order chi connectivity index (χ1) is 9.61. The van der Waals surface area contributed by atoms with Gasteiger partial charge in [-0.1, -0.05) is 12.1 Å². The Labute approximate surface area is 116 Å². The lowest BCUT2D eigenvalue weighted by molar-refractivity contribution is 0.0696. The molecular weight excluding hydrogens is 256 g/mol. The summed E-state index contributed by atoms with van der Waals surface area (Å²) in [6.07, 6.45) is 2.86. The van der Waals surface area contributed by atoms with E-state index in [1.54, 1.807) is 24.4 Å². The third kappa shape index (κ3) is 3.00. The number of hydrogen-bond acceptors (Lipinski definition) is 3.